The number of anilines is 2. The zero-order valence-corrected chi connectivity index (χ0v) is 12.0. The highest BCUT2D eigenvalue weighted by molar-refractivity contribution is 6.02. The van der Waals surface area contributed by atoms with Gasteiger partial charge in [0.15, 0.2) is 0 Å². The molecule has 6 nitrogen and oxygen atoms in total. The summed E-state index contributed by atoms with van der Waals surface area (Å²) in [6.07, 6.45) is 3.17. The summed E-state index contributed by atoms with van der Waals surface area (Å²) in [7, 11) is 1.58. The van der Waals surface area contributed by atoms with Crippen LogP contribution in [0.2, 0.25) is 0 Å². The van der Waals surface area contributed by atoms with E-state index < -0.39 is 5.97 Å². The van der Waals surface area contributed by atoms with E-state index in [1.165, 1.54) is 11.0 Å². The number of nitrogen functional groups attached to an aromatic ring is 1. The number of carboxylic acids is 1. The van der Waals surface area contributed by atoms with Crippen LogP contribution in [-0.2, 0) is 9.53 Å². The molecule has 0 radical (unpaired) electrons. The Balaban J connectivity index is 2.06. The van der Waals surface area contributed by atoms with Gasteiger partial charge in [-0.25, -0.2) is 4.79 Å². The highest BCUT2D eigenvalue weighted by atomic mass is 16.5. The van der Waals surface area contributed by atoms with Gasteiger partial charge in [0.25, 0.3) is 0 Å². The fourth-order valence-corrected chi connectivity index (χ4v) is 2.48. The van der Waals surface area contributed by atoms with Gasteiger partial charge in [-0.2, -0.15) is 0 Å². The summed E-state index contributed by atoms with van der Waals surface area (Å²) in [5.41, 5.74) is 6.34. The molecule has 1 aliphatic rings. The predicted octanol–water partition coefficient (Wildman–Crippen LogP) is 1.89. The van der Waals surface area contributed by atoms with Crippen molar-refractivity contribution >= 4 is 23.3 Å². The van der Waals surface area contributed by atoms with Crippen molar-refractivity contribution < 1.29 is 19.4 Å². The molecule has 0 bridgehead atoms. The van der Waals surface area contributed by atoms with Gasteiger partial charge < -0.3 is 20.5 Å². The Morgan fingerprint density at radius 3 is 2.86 bits per heavy atom. The molecule has 1 saturated heterocycles. The van der Waals surface area contributed by atoms with E-state index >= 15 is 0 Å². The van der Waals surface area contributed by atoms with Crippen molar-refractivity contribution in [3.8, 4) is 0 Å². The number of rotatable bonds is 5. The normalized spacial score (nSPS) is 17.7. The van der Waals surface area contributed by atoms with Crippen molar-refractivity contribution in [3.63, 3.8) is 0 Å². The number of amides is 1. The van der Waals surface area contributed by atoms with Crippen LogP contribution in [0.4, 0.5) is 11.4 Å². The van der Waals surface area contributed by atoms with E-state index in [-0.39, 0.29) is 17.6 Å². The number of ether oxygens (including phenoxy) is 1. The average molecular weight is 292 g/mol. The van der Waals surface area contributed by atoms with E-state index in [0.29, 0.717) is 24.2 Å². The first-order chi connectivity index (χ1) is 9.99. The van der Waals surface area contributed by atoms with Crippen LogP contribution < -0.4 is 10.6 Å². The highest BCUT2D eigenvalue weighted by Crippen LogP contribution is 2.24. The van der Waals surface area contributed by atoms with Crippen LogP contribution in [0.25, 0.3) is 0 Å². The number of carbonyl (C=O) groups excluding carboxylic acids is 1. The molecule has 21 heavy (non-hydrogen) atoms. The molecule has 0 aromatic heterocycles. The molecule has 1 unspecified atom stereocenters. The minimum Gasteiger partial charge on any atom is -0.478 e. The molecule has 2 rings (SSSR count). The fourth-order valence-electron chi connectivity index (χ4n) is 2.48. The van der Waals surface area contributed by atoms with E-state index in [2.05, 4.69) is 0 Å². The lowest BCUT2D eigenvalue weighted by Crippen LogP contribution is -2.28. The van der Waals surface area contributed by atoms with Crippen molar-refractivity contribution in [1.29, 1.82) is 0 Å². The number of hydrogen-bond donors (Lipinski definition) is 2. The Morgan fingerprint density at radius 1 is 1.48 bits per heavy atom. The molecular formula is C15H20N2O4. The lowest BCUT2D eigenvalue weighted by molar-refractivity contribution is -0.118. The maximum atomic E-state index is 12.2. The topological polar surface area (TPSA) is 92.9 Å². The Labute approximate surface area is 123 Å². The molecule has 0 saturated carbocycles. The van der Waals surface area contributed by atoms with Crippen molar-refractivity contribution in [2.75, 3.05) is 24.3 Å². The van der Waals surface area contributed by atoms with Crippen LogP contribution in [0, 0.1) is 0 Å². The SMILES string of the molecule is CN(C(=O)CCC1CCCO1)c1ccc(N)cc1C(=O)O. The van der Waals surface area contributed by atoms with Crippen molar-refractivity contribution in [3.05, 3.63) is 23.8 Å². The number of nitrogens with two attached hydrogens (primary N) is 1. The Bertz CT molecular complexity index is 538. The van der Waals surface area contributed by atoms with E-state index in [1.54, 1.807) is 19.2 Å². The minimum atomic E-state index is -1.10. The van der Waals surface area contributed by atoms with Crippen LogP contribution >= 0.6 is 0 Å². The van der Waals surface area contributed by atoms with Crippen LogP contribution in [0.5, 0.6) is 0 Å². The van der Waals surface area contributed by atoms with Gasteiger partial charge in [0.1, 0.15) is 0 Å². The molecule has 1 fully saturated rings. The van der Waals surface area contributed by atoms with Gasteiger partial charge in [-0.15, -0.1) is 0 Å². The minimum absolute atomic E-state index is 0.0305. The molecule has 1 amide bonds. The Hall–Kier alpha value is -2.08. The second-order valence-electron chi connectivity index (χ2n) is 5.21. The molecule has 0 spiro atoms. The van der Waals surface area contributed by atoms with Crippen molar-refractivity contribution in [2.24, 2.45) is 0 Å². The fraction of sp³-hybridized carbons (Fsp3) is 0.467. The third kappa shape index (κ3) is 3.72. The lowest BCUT2D eigenvalue weighted by Gasteiger charge is -2.20. The second kappa shape index (κ2) is 6.58. The van der Waals surface area contributed by atoms with Crippen molar-refractivity contribution in [2.45, 2.75) is 31.8 Å². The van der Waals surface area contributed by atoms with Crippen LogP contribution in [0.15, 0.2) is 18.2 Å². The third-order valence-corrected chi connectivity index (χ3v) is 3.69. The molecular weight excluding hydrogens is 272 g/mol. The zero-order chi connectivity index (χ0) is 15.4. The van der Waals surface area contributed by atoms with E-state index in [0.717, 1.165) is 19.4 Å². The van der Waals surface area contributed by atoms with Gasteiger partial charge in [0.05, 0.1) is 17.4 Å². The zero-order valence-electron chi connectivity index (χ0n) is 12.0. The first-order valence-electron chi connectivity index (χ1n) is 7.00. The molecule has 1 aromatic carbocycles. The van der Waals surface area contributed by atoms with Gasteiger partial charge in [-0.3, -0.25) is 4.79 Å². The molecule has 1 heterocycles. The summed E-state index contributed by atoms with van der Waals surface area (Å²) in [6.45, 7) is 0.760. The van der Waals surface area contributed by atoms with E-state index in [4.69, 9.17) is 10.5 Å². The van der Waals surface area contributed by atoms with E-state index in [9.17, 15) is 14.7 Å². The number of benzene rings is 1. The number of carboxylic acid groups (broad SMARTS) is 1. The average Bonchev–Trinajstić information content (AvgIpc) is 2.97. The number of aromatic carboxylic acids is 1. The monoisotopic (exact) mass is 292 g/mol. The maximum Gasteiger partial charge on any atom is 0.337 e. The number of hydrogen-bond acceptors (Lipinski definition) is 4. The molecule has 3 N–H and O–H groups in total. The summed E-state index contributed by atoms with van der Waals surface area (Å²) < 4.78 is 5.49. The molecule has 0 aliphatic carbocycles. The molecule has 1 aromatic rings. The van der Waals surface area contributed by atoms with Gasteiger partial charge in [-0.1, -0.05) is 0 Å². The van der Waals surface area contributed by atoms with Gasteiger partial charge in [0.2, 0.25) is 5.91 Å². The standard InChI is InChI=1S/C15H20N2O4/c1-17(14(18)7-5-11-3-2-8-21-11)13-6-4-10(16)9-12(13)15(19)20/h4,6,9,11H,2-3,5,7-8,16H2,1H3,(H,19,20). The van der Waals surface area contributed by atoms with Gasteiger partial charge in [-0.05, 0) is 37.5 Å². The van der Waals surface area contributed by atoms with Crippen LogP contribution in [0.1, 0.15) is 36.0 Å². The molecule has 114 valence electrons. The van der Waals surface area contributed by atoms with Gasteiger partial charge in [0, 0.05) is 25.8 Å². The molecule has 1 atom stereocenters. The summed E-state index contributed by atoms with van der Waals surface area (Å²) in [6, 6.07) is 4.51. The molecule has 1 aliphatic heterocycles. The quantitative estimate of drug-likeness (QED) is 0.808. The first kappa shape index (κ1) is 15.3. The molecule has 6 heteroatoms. The van der Waals surface area contributed by atoms with Crippen LogP contribution in [0.3, 0.4) is 0 Å². The van der Waals surface area contributed by atoms with Crippen molar-refractivity contribution in [1.82, 2.24) is 0 Å². The van der Waals surface area contributed by atoms with Crippen LogP contribution in [-0.4, -0.2) is 36.7 Å². The maximum absolute atomic E-state index is 12.2. The van der Waals surface area contributed by atoms with E-state index in [1.807, 2.05) is 0 Å². The largest absolute Gasteiger partial charge is 0.478 e. The predicted molar refractivity (Wildman–Crippen MR) is 79.4 cm³/mol. The summed E-state index contributed by atoms with van der Waals surface area (Å²) in [5.74, 6) is -1.23. The highest BCUT2D eigenvalue weighted by Gasteiger charge is 2.21. The summed E-state index contributed by atoms with van der Waals surface area (Å²) in [4.78, 5) is 24.8. The number of nitrogens with zero attached hydrogens (tertiary/aromatic N) is 1. The lowest BCUT2D eigenvalue weighted by atomic mass is 10.1. The smallest absolute Gasteiger partial charge is 0.337 e. The first-order valence-corrected chi connectivity index (χ1v) is 7.00. The van der Waals surface area contributed by atoms with Gasteiger partial charge >= 0.3 is 5.97 Å². The third-order valence-electron chi connectivity index (χ3n) is 3.69. The summed E-state index contributed by atoms with van der Waals surface area (Å²) in [5, 5.41) is 9.21. The number of carbonyl (C=O) groups is 2. The second-order valence-corrected chi connectivity index (χ2v) is 5.21. The Morgan fingerprint density at radius 2 is 2.24 bits per heavy atom. The summed E-state index contributed by atoms with van der Waals surface area (Å²) >= 11 is 0. The Kier molecular flexibility index (Phi) is 4.80.